The van der Waals surface area contributed by atoms with Crippen LogP contribution in [0.15, 0.2) is 67.0 Å². The molecule has 0 atom stereocenters. The third-order valence-corrected chi connectivity index (χ3v) is 6.36. The number of halogens is 1. The van der Waals surface area contributed by atoms with Crippen LogP contribution < -0.4 is 0 Å². The quantitative estimate of drug-likeness (QED) is 0.440. The second-order valence-corrected chi connectivity index (χ2v) is 8.86. The molecule has 0 fully saturated rings. The fraction of sp³-hybridized carbons (Fsp3) is 0.174. The molecular formula is C23H19ClN4S. The minimum Gasteiger partial charge on any atom is -0.294 e. The Morgan fingerprint density at radius 3 is 2.62 bits per heavy atom. The van der Waals surface area contributed by atoms with Crippen LogP contribution in [-0.2, 0) is 19.5 Å². The SMILES string of the molecule is Clc1ccc(-c2ccc(CN3CCc4nc(-c5ccccc5)ncc4C3)cn2)s1. The van der Waals surface area contributed by atoms with Gasteiger partial charge in [0.25, 0.3) is 0 Å². The molecule has 0 amide bonds. The molecule has 0 aliphatic carbocycles. The number of nitrogens with zero attached hydrogens (tertiary/aromatic N) is 4. The van der Waals surface area contributed by atoms with Gasteiger partial charge in [-0.15, -0.1) is 11.3 Å². The predicted octanol–water partition coefficient (Wildman–Crippen LogP) is 5.48. The van der Waals surface area contributed by atoms with Crippen molar-refractivity contribution >= 4 is 22.9 Å². The van der Waals surface area contributed by atoms with Gasteiger partial charge in [0.2, 0.25) is 0 Å². The molecular weight excluding hydrogens is 400 g/mol. The van der Waals surface area contributed by atoms with Crippen LogP contribution in [0.3, 0.4) is 0 Å². The standard InChI is InChI=1S/C23H19ClN4S/c24-22-9-8-21(29-22)20-7-6-16(12-25-20)14-28-11-10-19-18(15-28)13-26-23(27-19)17-4-2-1-3-5-17/h1-9,12-13H,10-11,14-15H2. The molecule has 3 aromatic heterocycles. The van der Waals surface area contributed by atoms with E-state index in [1.165, 1.54) is 11.1 Å². The highest BCUT2D eigenvalue weighted by Crippen LogP contribution is 2.30. The summed E-state index contributed by atoms with van der Waals surface area (Å²) in [6.45, 7) is 2.73. The lowest BCUT2D eigenvalue weighted by atomic mass is 10.1. The molecule has 4 heterocycles. The van der Waals surface area contributed by atoms with Crippen molar-refractivity contribution in [1.29, 1.82) is 0 Å². The zero-order chi connectivity index (χ0) is 19.6. The predicted molar refractivity (Wildman–Crippen MR) is 118 cm³/mol. The third kappa shape index (κ3) is 4.08. The van der Waals surface area contributed by atoms with Crippen LogP contribution in [0.2, 0.25) is 4.34 Å². The number of hydrogen-bond donors (Lipinski definition) is 0. The summed E-state index contributed by atoms with van der Waals surface area (Å²) in [4.78, 5) is 17.5. The molecule has 0 N–H and O–H groups in total. The van der Waals surface area contributed by atoms with Crippen molar-refractivity contribution < 1.29 is 0 Å². The van der Waals surface area contributed by atoms with Crippen molar-refractivity contribution in [3.8, 4) is 22.0 Å². The van der Waals surface area contributed by atoms with Gasteiger partial charge in [-0.05, 0) is 23.8 Å². The first kappa shape index (κ1) is 18.4. The van der Waals surface area contributed by atoms with Crippen LogP contribution in [0, 0.1) is 0 Å². The Balaban J connectivity index is 1.27. The van der Waals surface area contributed by atoms with Crippen molar-refractivity contribution in [3.05, 3.63) is 88.1 Å². The van der Waals surface area contributed by atoms with Crippen LogP contribution in [-0.4, -0.2) is 26.4 Å². The topological polar surface area (TPSA) is 41.9 Å². The molecule has 1 aromatic carbocycles. The summed E-state index contributed by atoms with van der Waals surface area (Å²) in [5.41, 5.74) is 5.63. The lowest BCUT2D eigenvalue weighted by Gasteiger charge is -2.28. The third-order valence-electron chi connectivity index (χ3n) is 5.10. The summed E-state index contributed by atoms with van der Waals surface area (Å²) in [6, 6.07) is 18.3. The van der Waals surface area contributed by atoms with Crippen molar-refractivity contribution in [1.82, 2.24) is 19.9 Å². The van der Waals surface area contributed by atoms with Gasteiger partial charge < -0.3 is 0 Å². The van der Waals surface area contributed by atoms with E-state index in [2.05, 4.69) is 39.1 Å². The molecule has 6 heteroatoms. The highest BCUT2D eigenvalue weighted by Gasteiger charge is 2.19. The maximum absolute atomic E-state index is 6.03. The maximum Gasteiger partial charge on any atom is 0.159 e. The largest absolute Gasteiger partial charge is 0.294 e. The Morgan fingerprint density at radius 1 is 0.966 bits per heavy atom. The van der Waals surface area contributed by atoms with Gasteiger partial charge in [-0.25, -0.2) is 9.97 Å². The van der Waals surface area contributed by atoms with Crippen molar-refractivity contribution in [2.24, 2.45) is 0 Å². The van der Waals surface area contributed by atoms with Crippen LogP contribution >= 0.6 is 22.9 Å². The van der Waals surface area contributed by atoms with Gasteiger partial charge in [0.1, 0.15) is 0 Å². The zero-order valence-corrected chi connectivity index (χ0v) is 17.3. The van der Waals surface area contributed by atoms with Gasteiger partial charge in [0, 0.05) is 49.6 Å². The van der Waals surface area contributed by atoms with Crippen LogP contribution in [0.1, 0.15) is 16.8 Å². The summed E-state index contributed by atoms with van der Waals surface area (Å²) >= 11 is 7.58. The molecule has 4 nitrogen and oxygen atoms in total. The number of fused-ring (bicyclic) bond motifs is 1. The number of aromatic nitrogens is 3. The summed E-state index contributed by atoms with van der Waals surface area (Å²) in [7, 11) is 0. The average Bonchev–Trinajstić information content (AvgIpc) is 3.21. The summed E-state index contributed by atoms with van der Waals surface area (Å²) in [6.07, 6.45) is 4.89. The Labute approximate surface area is 178 Å². The Bertz CT molecular complexity index is 1130. The van der Waals surface area contributed by atoms with E-state index in [1.807, 2.05) is 42.7 Å². The highest BCUT2D eigenvalue weighted by molar-refractivity contribution is 7.19. The molecule has 0 spiro atoms. The molecule has 1 aliphatic heterocycles. The second-order valence-electron chi connectivity index (χ2n) is 7.15. The molecule has 4 aromatic rings. The molecule has 0 saturated heterocycles. The van der Waals surface area contributed by atoms with E-state index in [0.29, 0.717) is 0 Å². The second kappa shape index (κ2) is 8.03. The number of rotatable bonds is 4. The smallest absolute Gasteiger partial charge is 0.159 e. The fourth-order valence-corrected chi connectivity index (χ4v) is 4.63. The summed E-state index contributed by atoms with van der Waals surface area (Å²) in [5, 5.41) is 0. The van der Waals surface area contributed by atoms with Crippen LogP contribution in [0.5, 0.6) is 0 Å². The van der Waals surface area contributed by atoms with Crippen LogP contribution in [0.25, 0.3) is 22.0 Å². The molecule has 29 heavy (non-hydrogen) atoms. The highest BCUT2D eigenvalue weighted by atomic mass is 35.5. The van der Waals surface area contributed by atoms with Crippen molar-refractivity contribution in [2.75, 3.05) is 6.54 Å². The zero-order valence-electron chi connectivity index (χ0n) is 15.8. The van der Waals surface area contributed by atoms with Gasteiger partial charge >= 0.3 is 0 Å². The molecule has 1 aliphatic rings. The normalized spacial score (nSPS) is 14.0. The fourth-order valence-electron chi connectivity index (χ4n) is 3.61. The molecule has 0 unspecified atom stereocenters. The van der Waals surface area contributed by atoms with Crippen molar-refractivity contribution in [3.63, 3.8) is 0 Å². The molecule has 0 radical (unpaired) electrons. The number of benzene rings is 1. The van der Waals surface area contributed by atoms with Gasteiger partial charge in [-0.2, -0.15) is 0 Å². The van der Waals surface area contributed by atoms with Gasteiger partial charge in [0.15, 0.2) is 5.82 Å². The van der Waals surface area contributed by atoms with Gasteiger partial charge in [0.05, 0.1) is 20.6 Å². The minimum atomic E-state index is 0.787. The number of pyridine rings is 1. The van der Waals surface area contributed by atoms with E-state index in [-0.39, 0.29) is 0 Å². The van der Waals surface area contributed by atoms with E-state index in [4.69, 9.17) is 16.6 Å². The number of thiophene rings is 1. The van der Waals surface area contributed by atoms with Gasteiger partial charge in [-0.3, -0.25) is 9.88 Å². The maximum atomic E-state index is 6.03. The lowest BCUT2D eigenvalue weighted by Crippen LogP contribution is -2.31. The van der Waals surface area contributed by atoms with E-state index in [1.54, 1.807) is 11.3 Å². The Morgan fingerprint density at radius 2 is 1.86 bits per heavy atom. The monoisotopic (exact) mass is 418 g/mol. The van der Waals surface area contributed by atoms with Crippen LogP contribution in [0.4, 0.5) is 0 Å². The molecule has 144 valence electrons. The first-order valence-corrected chi connectivity index (χ1v) is 10.8. The Hall–Kier alpha value is -2.60. The summed E-state index contributed by atoms with van der Waals surface area (Å²) < 4.78 is 0.787. The molecule has 5 rings (SSSR count). The minimum absolute atomic E-state index is 0.787. The van der Waals surface area contributed by atoms with E-state index >= 15 is 0 Å². The number of hydrogen-bond acceptors (Lipinski definition) is 5. The van der Waals surface area contributed by atoms with Gasteiger partial charge in [-0.1, -0.05) is 48.0 Å². The summed E-state index contributed by atoms with van der Waals surface area (Å²) in [5.74, 6) is 0.811. The van der Waals surface area contributed by atoms with Crippen molar-refractivity contribution in [2.45, 2.75) is 19.5 Å². The average molecular weight is 419 g/mol. The van der Waals surface area contributed by atoms with E-state index in [0.717, 1.165) is 58.0 Å². The Kier molecular flexibility index (Phi) is 5.10. The first-order valence-electron chi connectivity index (χ1n) is 9.58. The van der Waals surface area contributed by atoms with E-state index < -0.39 is 0 Å². The molecule has 0 bridgehead atoms. The lowest BCUT2D eigenvalue weighted by molar-refractivity contribution is 0.242. The molecule has 0 saturated carbocycles. The van der Waals surface area contributed by atoms with E-state index in [9.17, 15) is 0 Å². The first-order chi connectivity index (χ1) is 14.2.